The highest BCUT2D eigenvalue weighted by molar-refractivity contribution is 6.33. The van der Waals surface area contributed by atoms with Crippen LogP contribution in [0.3, 0.4) is 0 Å². The van der Waals surface area contributed by atoms with E-state index in [0.29, 0.717) is 22.0 Å². The molecule has 0 bridgehead atoms. The van der Waals surface area contributed by atoms with Crippen molar-refractivity contribution in [1.82, 2.24) is 0 Å². The Balaban J connectivity index is 2.23. The van der Waals surface area contributed by atoms with Crippen molar-refractivity contribution in [3.05, 3.63) is 58.6 Å². The van der Waals surface area contributed by atoms with Crippen molar-refractivity contribution in [2.75, 3.05) is 11.1 Å². The zero-order valence-corrected chi connectivity index (χ0v) is 11.4. The summed E-state index contributed by atoms with van der Waals surface area (Å²) in [6, 6.07) is 12.6. The number of nitrogens with two attached hydrogens (primary N) is 1. The van der Waals surface area contributed by atoms with Gasteiger partial charge in [-0.2, -0.15) is 0 Å². The Bertz CT molecular complexity index is 611. The standard InChI is InChI=1S/C15H15ClN2O/c1-2-10-5-3-4-6-12(10)15(19)18-11-7-8-14(17)13(16)9-11/h3-9H,2,17H2,1H3,(H,18,19). The van der Waals surface area contributed by atoms with Crippen molar-refractivity contribution in [3.8, 4) is 0 Å². The molecule has 0 unspecified atom stereocenters. The topological polar surface area (TPSA) is 55.1 Å². The van der Waals surface area contributed by atoms with E-state index in [-0.39, 0.29) is 5.91 Å². The summed E-state index contributed by atoms with van der Waals surface area (Å²) in [6.07, 6.45) is 0.812. The maximum atomic E-state index is 12.2. The van der Waals surface area contributed by atoms with Gasteiger partial charge < -0.3 is 11.1 Å². The Morgan fingerprint density at radius 1 is 1.26 bits per heavy atom. The van der Waals surface area contributed by atoms with Crippen LogP contribution in [0, 0.1) is 0 Å². The van der Waals surface area contributed by atoms with Gasteiger partial charge in [0.25, 0.3) is 5.91 Å². The van der Waals surface area contributed by atoms with Crippen LogP contribution in [-0.4, -0.2) is 5.91 Å². The number of aryl methyl sites for hydroxylation is 1. The minimum atomic E-state index is -0.140. The lowest BCUT2D eigenvalue weighted by atomic mass is 10.0. The number of halogens is 1. The SMILES string of the molecule is CCc1ccccc1C(=O)Nc1ccc(N)c(Cl)c1. The van der Waals surface area contributed by atoms with Gasteiger partial charge in [0.1, 0.15) is 0 Å². The first-order valence-corrected chi connectivity index (χ1v) is 6.44. The minimum absolute atomic E-state index is 0.140. The number of carbonyl (C=O) groups excluding carboxylic acids is 1. The zero-order chi connectivity index (χ0) is 13.8. The number of nitrogen functional groups attached to an aromatic ring is 1. The Morgan fingerprint density at radius 3 is 2.68 bits per heavy atom. The fourth-order valence-electron chi connectivity index (χ4n) is 1.85. The van der Waals surface area contributed by atoms with E-state index < -0.39 is 0 Å². The van der Waals surface area contributed by atoms with Crippen molar-refractivity contribution in [3.63, 3.8) is 0 Å². The predicted molar refractivity (Wildman–Crippen MR) is 79.6 cm³/mol. The van der Waals surface area contributed by atoms with E-state index in [1.807, 2.05) is 31.2 Å². The molecule has 0 heterocycles. The Kier molecular flexibility index (Phi) is 4.07. The van der Waals surface area contributed by atoms with Crippen LogP contribution in [0.4, 0.5) is 11.4 Å². The second-order valence-corrected chi connectivity index (χ2v) is 4.61. The highest BCUT2D eigenvalue weighted by atomic mass is 35.5. The van der Waals surface area contributed by atoms with Crippen molar-refractivity contribution >= 4 is 28.9 Å². The highest BCUT2D eigenvalue weighted by Gasteiger charge is 2.10. The molecular formula is C15H15ClN2O. The van der Waals surface area contributed by atoms with Gasteiger partial charge in [-0.3, -0.25) is 4.79 Å². The summed E-state index contributed by atoms with van der Waals surface area (Å²) < 4.78 is 0. The lowest BCUT2D eigenvalue weighted by Gasteiger charge is -2.09. The van der Waals surface area contributed by atoms with Crippen molar-refractivity contribution in [2.45, 2.75) is 13.3 Å². The maximum Gasteiger partial charge on any atom is 0.255 e. The summed E-state index contributed by atoms with van der Waals surface area (Å²) in [6.45, 7) is 2.02. The third-order valence-electron chi connectivity index (χ3n) is 2.90. The third-order valence-corrected chi connectivity index (χ3v) is 3.23. The number of hydrogen-bond acceptors (Lipinski definition) is 2. The number of rotatable bonds is 3. The Morgan fingerprint density at radius 2 is 2.00 bits per heavy atom. The van der Waals surface area contributed by atoms with Crippen LogP contribution in [0.2, 0.25) is 5.02 Å². The molecule has 3 N–H and O–H groups in total. The molecule has 2 rings (SSSR count). The van der Waals surface area contributed by atoms with Crippen LogP contribution < -0.4 is 11.1 Å². The lowest BCUT2D eigenvalue weighted by molar-refractivity contribution is 0.102. The second kappa shape index (κ2) is 5.76. The molecule has 98 valence electrons. The van der Waals surface area contributed by atoms with Crippen LogP contribution in [0.15, 0.2) is 42.5 Å². The van der Waals surface area contributed by atoms with Gasteiger partial charge in [-0.25, -0.2) is 0 Å². The van der Waals surface area contributed by atoms with E-state index in [9.17, 15) is 4.79 Å². The summed E-state index contributed by atoms with van der Waals surface area (Å²) in [4.78, 5) is 12.2. The van der Waals surface area contributed by atoms with E-state index in [1.54, 1.807) is 18.2 Å². The molecule has 0 fully saturated rings. The van der Waals surface area contributed by atoms with E-state index in [0.717, 1.165) is 12.0 Å². The van der Waals surface area contributed by atoms with Gasteiger partial charge in [0.05, 0.1) is 10.7 Å². The molecule has 0 aliphatic heterocycles. The average molecular weight is 275 g/mol. The molecule has 0 atom stereocenters. The van der Waals surface area contributed by atoms with Gasteiger partial charge in [-0.05, 0) is 36.2 Å². The molecule has 1 amide bonds. The molecule has 0 spiro atoms. The average Bonchev–Trinajstić information content (AvgIpc) is 2.43. The molecule has 0 saturated heterocycles. The number of benzene rings is 2. The largest absolute Gasteiger partial charge is 0.398 e. The van der Waals surface area contributed by atoms with Gasteiger partial charge >= 0.3 is 0 Å². The molecule has 2 aromatic rings. The van der Waals surface area contributed by atoms with E-state index in [4.69, 9.17) is 17.3 Å². The molecular weight excluding hydrogens is 260 g/mol. The number of amides is 1. The summed E-state index contributed by atoms with van der Waals surface area (Å²) in [7, 11) is 0. The van der Waals surface area contributed by atoms with Crippen LogP contribution in [0.1, 0.15) is 22.8 Å². The summed E-state index contributed by atoms with van der Waals surface area (Å²) >= 11 is 5.93. The van der Waals surface area contributed by atoms with E-state index in [1.165, 1.54) is 0 Å². The van der Waals surface area contributed by atoms with Gasteiger partial charge in [-0.1, -0.05) is 36.7 Å². The fourth-order valence-corrected chi connectivity index (χ4v) is 2.03. The molecule has 19 heavy (non-hydrogen) atoms. The van der Waals surface area contributed by atoms with E-state index >= 15 is 0 Å². The zero-order valence-electron chi connectivity index (χ0n) is 10.6. The third kappa shape index (κ3) is 3.06. The van der Waals surface area contributed by atoms with Crippen molar-refractivity contribution in [2.24, 2.45) is 0 Å². The summed E-state index contributed by atoms with van der Waals surface area (Å²) in [5, 5.41) is 3.25. The highest BCUT2D eigenvalue weighted by Crippen LogP contribution is 2.23. The number of carbonyl (C=O) groups is 1. The first-order valence-electron chi connectivity index (χ1n) is 6.06. The molecule has 0 aliphatic rings. The van der Waals surface area contributed by atoms with Gasteiger partial charge in [0.2, 0.25) is 0 Å². The van der Waals surface area contributed by atoms with E-state index in [2.05, 4.69) is 5.32 Å². The number of nitrogens with one attached hydrogen (secondary N) is 1. The fraction of sp³-hybridized carbons (Fsp3) is 0.133. The monoisotopic (exact) mass is 274 g/mol. The normalized spacial score (nSPS) is 10.2. The molecule has 4 heteroatoms. The van der Waals surface area contributed by atoms with Gasteiger partial charge in [-0.15, -0.1) is 0 Å². The van der Waals surface area contributed by atoms with Gasteiger partial charge in [0, 0.05) is 11.3 Å². The smallest absolute Gasteiger partial charge is 0.255 e. The lowest BCUT2D eigenvalue weighted by Crippen LogP contribution is -2.14. The summed E-state index contributed by atoms with van der Waals surface area (Å²) in [5.41, 5.74) is 8.45. The Hall–Kier alpha value is -2.00. The molecule has 0 aliphatic carbocycles. The molecule has 3 nitrogen and oxygen atoms in total. The second-order valence-electron chi connectivity index (χ2n) is 4.20. The number of hydrogen-bond donors (Lipinski definition) is 2. The van der Waals surface area contributed by atoms with Crippen molar-refractivity contribution < 1.29 is 4.79 Å². The van der Waals surface area contributed by atoms with Crippen LogP contribution in [0.25, 0.3) is 0 Å². The first kappa shape index (κ1) is 13.4. The van der Waals surface area contributed by atoms with Crippen LogP contribution >= 0.6 is 11.6 Å². The summed E-state index contributed by atoms with van der Waals surface area (Å²) in [5.74, 6) is -0.140. The number of anilines is 2. The van der Waals surface area contributed by atoms with Crippen LogP contribution in [0.5, 0.6) is 0 Å². The quantitative estimate of drug-likeness (QED) is 0.838. The molecule has 2 aromatic carbocycles. The van der Waals surface area contributed by atoms with Crippen molar-refractivity contribution in [1.29, 1.82) is 0 Å². The van der Waals surface area contributed by atoms with Crippen LogP contribution in [-0.2, 0) is 6.42 Å². The molecule has 0 radical (unpaired) electrons. The minimum Gasteiger partial charge on any atom is -0.398 e. The molecule has 0 saturated carbocycles. The predicted octanol–water partition coefficient (Wildman–Crippen LogP) is 3.74. The molecule has 0 aromatic heterocycles. The Labute approximate surface area is 117 Å². The maximum absolute atomic E-state index is 12.2. The van der Waals surface area contributed by atoms with Gasteiger partial charge in [0.15, 0.2) is 0 Å². The first-order chi connectivity index (χ1) is 9.11.